The Morgan fingerprint density at radius 3 is 2.55 bits per heavy atom. The van der Waals surface area contributed by atoms with E-state index in [0.29, 0.717) is 19.1 Å². The zero-order chi connectivity index (χ0) is 8.69. The summed E-state index contributed by atoms with van der Waals surface area (Å²) in [6.07, 6.45) is 1.52. The Morgan fingerprint density at radius 1 is 1.45 bits per heavy atom. The molecule has 0 aromatic rings. The fourth-order valence-corrected chi connectivity index (χ4v) is 0.562. The summed E-state index contributed by atoms with van der Waals surface area (Å²) in [4.78, 5) is 30.9. The Hall–Kier alpha value is -1.19. The molecule has 4 heteroatoms. The van der Waals surface area contributed by atoms with Crippen LogP contribution in [-0.2, 0) is 19.1 Å². The molecule has 0 bridgehead atoms. The molecule has 0 aromatic heterocycles. The van der Waals surface area contributed by atoms with Crippen molar-refractivity contribution in [2.75, 3.05) is 7.11 Å². The summed E-state index contributed by atoms with van der Waals surface area (Å²) in [5, 5.41) is 0. The minimum absolute atomic E-state index is 0.0887. The minimum Gasteiger partial charge on any atom is -0.463 e. The Kier molecular flexibility index (Phi) is 4.98. The van der Waals surface area contributed by atoms with Crippen LogP contribution in [0.3, 0.4) is 0 Å². The van der Waals surface area contributed by atoms with Crippen molar-refractivity contribution in [3.05, 3.63) is 0 Å². The van der Waals surface area contributed by atoms with Gasteiger partial charge in [0.1, 0.15) is 6.29 Å². The lowest BCUT2D eigenvalue weighted by molar-refractivity contribution is -0.151. The molecule has 0 rings (SSSR count). The van der Waals surface area contributed by atoms with Gasteiger partial charge in [-0.3, -0.25) is 4.79 Å². The number of ketones is 1. The maximum absolute atomic E-state index is 10.7. The zero-order valence-corrected chi connectivity index (χ0v) is 6.33. The fraction of sp³-hybridized carbons (Fsp3) is 0.571. The number of hydrogen-bond acceptors (Lipinski definition) is 4. The molecule has 0 aliphatic carbocycles. The van der Waals surface area contributed by atoms with E-state index in [4.69, 9.17) is 0 Å². The van der Waals surface area contributed by atoms with Crippen molar-refractivity contribution in [2.45, 2.75) is 19.3 Å². The van der Waals surface area contributed by atoms with Crippen molar-refractivity contribution >= 4 is 18.0 Å². The molecule has 0 atom stereocenters. The first kappa shape index (κ1) is 9.81. The van der Waals surface area contributed by atoms with Crippen LogP contribution < -0.4 is 0 Å². The first-order valence-electron chi connectivity index (χ1n) is 3.27. The van der Waals surface area contributed by atoms with Gasteiger partial charge in [0, 0.05) is 12.8 Å². The molecule has 0 saturated heterocycles. The number of carbonyl (C=O) groups excluding carboxylic acids is 3. The number of Topliss-reactive ketones (excluding diaryl/α,β-unsaturated/α-hetero) is 1. The van der Waals surface area contributed by atoms with Crippen LogP contribution in [0.2, 0.25) is 0 Å². The van der Waals surface area contributed by atoms with E-state index in [1.54, 1.807) is 0 Å². The highest BCUT2D eigenvalue weighted by Gasteiger charge is 2.11. The van der Waals surface area contributed by atoms with Gasteiger partial charge in [-0.2, -0.15) is 0 Å². The largest absolute Gasteiger partial charge is 0.463 e. The molecule has 0 heterocycles. The number of carbonyl (C=O) groups is 3. The number of methoxy groups -OCH3 is 1. The Balaban J connectivity index is 3.52. The van der Waals surface area contributed by atoms with E-state index in [1.165, 1.54) is 0 Å². The molecule has 0 fully saturated rings. The average Bonchev–Trinajstić information content (AvgIpc) is 2.03. The van der Waals surface area contributed by atoms with Crippen LogP contribution in [0.25, 0.3) is 0 Å². The molecule has 0 aromatic carbocycles. The molecule has 0 saturated carbocycles. The van der Waals surface area contributed by atoms with Crippen LogP contribution in [0.15, 0.2) is 0 Å². The maximum atomic E-state index is 10.7. The van der Waals surface area contributed by atoms with E-state index in [2.05, 4.69) is 4.74 Å². The monoisotopic (exact) mass is 158 g/mol. The van der Waals surface area contributed by atoms with Gasteiger partial charge in [-0.25, -0.2) is 4.79 Å². The van der Waals surface area contributed by atoms with Gasteiger partial charge in [0.25, 0.3) is 0 Å². The average molecular weight is 158 g/mol. The quantitative estimate of drug-likeness (QED) is 0.246. The van der Waals surface area contributed by atoms with Gasteiger partial charge in [0.15, 0.2) is 0 Å². The molecule has 0 N–H and O–H groups in total. The van der Waals surface area contributed by atoms with E-state index in [9.17, 15) is 14.4 Å². The number of esters is 1. The Morgan fingerprint density at radius 2 is 2.09 bits per heavy atom. The molecular weight excluding hydrogens is 148 g/mol. The molecule has 0 amide bonds. The highest BCUT2D eigenvalue weighted by molar-refractivity contribution is 6.33. The standard InChI is InChI=1S/C7H10O4/c1-11-7(10)6(9)4-2-3-5-8/h5H,2-4H2,1H3. The SMILES string of the molecule is COC(=O)C(=O)CCCC=O. The molecule has 62 valence electrons. The highest BCUT2D eigenvalue weighted by atomic mass is 16.5. The second-order valence-electron chi connectivity index (χ2n) is 1.97. The van der Waals surface area contributed by atoms with Gasteiger partial charge in [-0.1, -0.05) is 0 Å². The van der Waals surface area contributed by atoms with Gasteiger partial charge in [0.05, 0.1) is 7.11 Å². The maximum Gasteiger partial charge on any atom is 0.374 e. The molecule has 0 unspecified atom stereocenters. The van der Waals surface area contributed by atoms with E-state index in [1.807, 2.05) is 0 Å². The first-order chi connectivity index (χ1) is 5.22. The lowest BCUT2D eigenvalue weighted by Crippen LogP contribution is -2.14. The summed E-state index contributed by atoms with van der Waals surface area (Å²) in [5.41, 5.74) is 0. The zero-order valence-electron chi connectivity index (χ0n) is 6.33. The number of ether oxygens (including phenoxy) is 1. The first-order valence-corrected chi connectivity index (χ1v) is 3.27. The molecule has 0 aliphatic heterocycles. The number of aldehydes is 1. The lowest BCUT2D eigenvalue weighted by Gasteiger charge is -1.94. The Bertz CT molecular complexity index is 162. The summed E-state index contributed by atoms with van der Waals surface area (Å²) in [6.45, 7) is 0. The summed E-state index contributed by atoms with van der Waals surface area (Å²) < 4.78 is 4.17. The molecular formula is C7H10O4. The van der Waals surface area contributed by atoms with E-state index in [-0.39, 0.29) is 6.42 Å². The highest BCUT2D eigenvalue weighted by Crippen LogP contribution is 1.94. The molecule has 0 aliphatic rings. The number of hydrogen-bond donors (Lipinski definition) is 0. The second-order valence-corrected chi connectivity index (χ2v) is 1.97. The summed E-state index contributed by atoms with van der Waals surface area (Å²) >= 11 is 0. The predicted molar refractivity (Wildman–Crippen MR) is 36.9 cm³/mol. The predicted octanol–water partition coefficient (Wildman–Crippen LogP) is 0.0977. The van der Waals surface area contributed by atoms with Crippen LogP contribution >= 0.6 is 0 Å². The third kappa shape index (κ3) is 4.25. The molecule has 4 nitrogen and oxygen atoms in total. The molecule has 0 spiro atoms. The third-order valence-corrected chi connectivity index (χ3v) is 1.14. The van der Waals surface area contributed by atoms with Crippen LogP contribution in [0.1, 0.15) is 19.3 Å². The smallest absolute Gasteiger partial charge is 0.374 e. The molecule has 0 radical (unpaired) electrons. The van der Waals surface area contributed by atoms with Crippen LogP contribution in [-0.4, -0.2) is 25.1 Å². The summed E-state index contributed by atoms with van der Waals surface area (Å²) in [5.74, 6) is -1.41. The van der Waals surface area contributed by atoms with E-state index in [0.717, 1.165) is 7.11 Å². The van der Waals surface area contributed by atoms with Gasteiger partial charge < -0.3 is 9.53 Å². The van der Waals surface area contributed by atoms with Gasteiger partial charge in [-0.05, 0) is 6.42 Å². The van der Waals surface area contributed by atoms with E-state index >= 15 is 0 Å². The van der Waals surface area contributed by atoms with Crippen molar-refractivity contribution in [3.8, 4) is 0 Å². The second kappa shape index (κ2) is 5.58. The van der Waals surface area contributed by atoms with Crippen LogP contribution in [0.5, 0.6) is 0 Å². The van der Waals surface area contributed by atoms with Crippen molar-refractivity contribution in [1.82, 2.24) is 0 Å². The number of unbranched alkanes of at least 4 members (excludes halogenated alkanes) is 1. The van der Waals surface area contributed by atoms with Crippen molar-refractivity contribution in [3.63, 3.8) is 0 Å². The van der Waals surface area contributed by atoms with Gasteiger partial charge in [-0.15, -0.1) is 0 Å². The van der Waals surface area contributed by atoms with Crippen LogP contribution in [0, 0.1) is 0 Å². The number of rotatable bonds is 5. The fourth-order valence-electron chi connectivity index (χ4n) is 0.562. The van der Waals surface area contributed by atoms with Gasteiger partial charge >= 0.3 is 5.97 Å². The minimum atomic E-state index is -0.837. The third-order valence-electron chi connectivity index (χ3n) is 1.14. The summed E-state index contributed by atoms with van der Waals surface area (Å²) in [7, 11) is 1.15. The van der Waals surface area contributed by atoms with Crippen molar-refractivity contribution < 1.29 is 19.1 Å². The van der Waals surface area contributed by atoms with E-state index < -0.39 is 11.8 Å². The summed E-state index contributed by atoms with van der Waals surface area (Å²) in [6, 6.07) is 0. The normalized spacial score (nSPS) is 8.82. The van der Waals surface area contributed by atoms with Crippen molar-refractivity contribution in [2.24, 2.45) is 0 Å². The van der Waals surface area contributed by atoms with Crippen molar-refractivity contribution in [1.29, 1.82) is 0 Å². The lowest BCUT2D eigenvalue weighted by atomic mass is 10.2. The topological polar surface area (TPSA) is 60.4 Å². The Labute approximate surface area is 64.5 Å². The van der Waals surface area contributed by atoms with Crippen LogP contribution in [0.4, 0.5) is 0 Å². The van der Waals surface area contributed by atoms with Gasteiger partial charge in [0.2, 0.25) is 5.78 Å². The molecule has 11 heavy (non-hydrogen) atoms.